The molecule has 4 nitrogen and oxygen atoms in total. The van der Waals surface area contributed by atoms with Gasteiger partial charge in [0.25, 0.3) is 0 Å². The molecule has 1 saturated heterocycles. The highest BCUT2D eigenvalue weighted by atomic mass is 35.5. The monoisotopic (exact) mass is 339 g/mol. The van der Waals surface area contributed by atoms with Gasteiger partial charge in [0.2, 0.25) is 15.7 Å². The van der Waals surface area contributed by atoms with E-state index in [9.17, 15) is 14.4 Å². The van der Waals surface area contributed by atoms with E-state index in [1.807, 2.05) is 0 Å². The molecule has 2 fully saturated rings. The Morgan fingerprint density at radius 3 is 1.90 bits per heavy atom. The molecular formula is C13H16Cl3NO3. The summed E-state index contributed by atoms with van der Waals surface area (Å²) in [6.07, 6.45) is 2.32. The van der Waals surface area contributed by atoms with E-state index in [4.69, 9.17) is 34.8 Å². The molecule has 0 aromatic rings. The number of carbonyl (C=O) groups excluding carboxylic acids is 3. The molecule has 0 aromatic carbocycles. The molecule has 2 unspecified atom stereocenters. The van der Waals surface area contributed by atoms with Crippen LogP contribution in [0.25, 0.3) is 0 Å². The molecule has 1 aliphatic carbocycles. The first-order chi connectivity index (χ1) is 9.30. The summed E-state index contributed by atoms with van der Waals surface area (Å²) < 4.78 is 0. The number of carbonyl (C=O) groups is 3. The molecule has 1 saturated carbocycles. The van der Waals surface area contributed by atoms with E-state index in [1.165, 1.54) is 0 Å². The van der Waals surface area contributed by atoms with Crippen LogP contribution in [-0.4, -0.2) is 28.8 Å². The maximum absolute atomic E-state index is 11.9. The maximum atomic E-state index is 11.9. The summed E-state index contributed by atoms with van der Waals surface area (Å²) in [6.45, 7) is 0.902. The van der Waals surface area contributed by atoms with Gasteiger partial charge in [-0.15, -0.1) is 0 Å². The summed E-state index contributed by atoms with van der Waals surface area (Å²) >= 11 is 16.9. The van der Waals surface area contributed by atoms with Crippen LogP contribution in [0.4, 0.5) is 0 Å². The van der Waals surface area contributed by atoms with Gasteiger partial charge in [0.05, 0.1) is 10.8 Å². The van der Waals surface area contributed by atoms with Crippen LogP contribution >= 0.6 is 34.8 Å². The minimum atomic E-state index is -0.761. The number of rotatable bonds is 5. The van der Waals surface area contributed by atoms with E-state index >= 15 is 0 Å². The molecule has 2 aliphatic rings. The molecule has 2 bridgehead atoms. The minimum Gasteiger partial charge on any atom is -0.315 e. The summed E-state index contributed by atoms with van der Waals surface area (Å²) in [5, 5.41) is 1.83. The van der Waals surface area contributed by atoms with Gasteiger partial charge < -0.3 is 5.32 Å². The largest absolute Gasteiger partial charge is 0.315 e. The first-order valence-electron chi connectivity index (χ1n) is 6.59. The second kappa shape index (κ2) is 5.91. The second-order valence-electron chi connectivity index (χ2n) is 6.06. The zero-order valence-electron chi connectivity index (χ0n) is 10.9. The van der Waals surface area contributed by atoms with E-state index in [2.05, 4.69) is 5.32 Å². The standard InChI is InChI=1S/C13H16Cl3NO3/c14-9(18)2-1-8-3-12(10(15)19)5-13(4-8,11(16)20)7-17-6-12/h8,17H,1-7H2. The summed E-state index contributed by atoms with van der Waals surface area (Å²) in [5.74, 6) is 0.0546. The van der Waals surface area contributed by atoms with Crippen molar-refractivity contribution in [1.82, 2.24) is 5.32 Å². The third kappa shape index (κ3) is 3.03. The topological polar surface area (TPSA) is 63.2 Å². The maximum Gasteiger partial charge on any atom is 0.229 e. The number of hydrogen-bond donors (Lipinski definition) is 1. The van der Waals surface area contributed by atoms with Crippen molar-refractivity contribution in [2.45, 2.75) is 32.1 Å². The zero-order chi connectivity index (χ0) is 15.0. The van der Waals surface area contributed by atoms with E-state index in [0.717, 1.165) is 0 Å². The van der Waals surface area contributed by atoms with Gasteiger partial charge in [-0.05, 0) is 66.4 Å². The van der Waals surface area contributed by atoms with Gasteiger partial charge in [0.1, 0.15) is 0 Å². The van der Waals surface area contributed by atoms with Crippen molar-refractivity contribution in [3.8, 4) is 0 Å². The molecule has 7 heteroatoms. The fourth-order valence-corrected chi connectivity index (χ4v) is 4.27. The summed E-state index contributed by atoms with van der Waals surface area (Å²) in [4.78, 5) is 34.6. The minimum absolute atomic E-state index is 0.0546. The van der Waals surface area contributed by atoms with Gasteiger partial charge in [0.15, 0.2) is 0 Å². The average Bonchev–Trinajstić information content (AvgIpc) is 2.35. The Labute approximate surface area is 132 Å². The highest BCUT2D eigenvalue weighted by Crippen LogP contribution is 2.54. The highest BCUT2D eigenvalue weighted by Gasteiger charge is 2.56. The Bertz CT molecular complexity index is 426. The number of halogens is 3. The Hall–Kier alpha value is -0.160. The quantitative estimate of drug-likeness (QED) is 0.781. The van der Waals surface area contributed by atoms with Gasteiger partial charge in [-0.1, -0.05) is 0 Å². The summed E-state index contributed by atoms with van der Waals surface area (Å²) in [7, 11) is 0. The van der Waals surface area contributed by atoms with E-state index in [1.54, 1.807) is 0 Å². The third-order valence-corrected chi connectivity index (χ3v) is 5.54. The molecule has 1 aliphatic heterocycles. The van der Waals surface area contributed by atoms with Gasteiger partial charge in [0, 0.05) is 19.5 Å². The predicted molar refractivity (Wildman–Crippen MR) is 76.9 cm³/mol. The van der Waals surface area contributed by atoms with Crippen molar-refractivity contribution in [2.75, 3.05) is 13.1 Å². The first-order valence-corrected chi connectivity index (χ1v) is 7.72. The molecule has 0 radical (unpaired) electrons. The Morgan fingerprint density at radius 1 is 1.00 bits per heavy atom. The van der Waals surface area contributed by atoms with E-state index < -0.39 is 26.6 Å². The lowest BCUT2D eigenvalue weighted by molar-refractivity contribution is -0.138. The fraction of sp³-hybridized carbons (Fsp3) is 0.769. The van der Waals surface area contributed by atoms with Gasteiger partial charge in [-0.2, -0.15) is 0 Å². The molecule has 1 heterocycles. The smallest absolute Gasteiger partial charge is 0.229 e. The first kappa shape index (κ1) is 16.2. The van der Waals surface area contributed by atoms with Crippen LogP contribution in [0, 0.1) is 16.7 Å². The molecule has 0 amide bonds. The third-order valence-electron chi connectivity index (χ3n) is 4.55. The lowest BCUT2D eigenvalue weighted by atomic mass is 9.56. The van der Waals surface area contributed by atoms with Gasteiger partial charge >= 0.3 is 0 Å². The number of fused-ring (bicyclic) bond motifs is 2. The van der Waals surface area contributed by atoms with Crippen molar-refractivity contribution in [2.24, 2.45) is 16.7 Å². The zero-order valence-corrected chi connectivity index (χ0v) is 13.2. The molecule has 20 heavy (non-hydrogen) atoms. The summed E-state index contributed by atoms with van der Waals surface area (Å²) in [5.41, 5.74) is -1.52. The van der Waals surface area contributed by atoms with Crippen molar-refractivity contribution in [3.63, 3.8) is 0 Å². The number of hydrogen-bond acceptors (Lipinski definition) is 4. The van der Waals surface area contributed by atoms with E-state index in [-0.39, 0.29) is 12.3 Å². The Kier molecular flexibility index (Phi) is 4.80. The van der Waals surface area contributed by atoms with Crippen LogP contribution in [0.1, 0.15) is 32.1 Å². The fourth-order valence-electron chi connectivity index (χ4n) is 3.74. The lowest BCUT2D eigenvalue weighted by Gasteiger charge is -2.51. The molecule has 1 N–H and O–H groups in total. The van der Waals surface area contributed by atoms with E-state index in [0.29, 0.717) is 38.8 Å². The highest BCUT2D eigenvalue weighted by molar-refractivity contribution is 6.66. The molecule has 0 aromatic heterocycles. The lowest BCUT2D eigenvalue weighted by Crippen LogP contribution is -2.59. The van der Waals surface area contributed by atoms with Crippen molar-refractivity contribution in [1.29, 1.82) is 0 Å². The second-order valence-corrected chi connectivity index (χ2v) is 7.16. The van der Waals surface area contributed by atoms with Crippen molar-refractivity contribution >= 4 is 50.5 Å². The molecule has 2 atom stereocenters. The van der Waals surface area contributed by atoms with Crippen LogP contribution in [0.3, 0.4) is 0 Å². The van der Waals surface area contributed by atoms with Crippen molar-refractivity contribution in [3.05, 3.63) is 0 Å². The Balaban J connectivity index is 2.25. The van der Waals surface area contributed by atoms with Crippen LogP contribution in [0.2, 0.25) is 0 Å². The normalized spacial score (nSPS) is 36.5. The van der Waals surface area contributed by atoms with Crippen molar-refractivity contribution < 1.29 is 14.4 Å². The van der Waals surface area contributed by atoms with Crippen LogP contribution in [0.5, 0.6) is 0 Å². The average molecular weight is 341 g/mol. The molecule has 112 valence electrons. The SMILES string of the molecule is O=C(Cl)CCC1CC2(C(=O)Cl)CNCC(C(=O)Cl)(C1)C2. The van der Waals surface area contributed by atoms with Gasteiger partial charge in [-0.3, -0.25) is 14.4 Å². The van der Waals surface area contributed by atoms with Crippen LogP contribution in [0.15, 0.2) is 0 Å². The predicted octanol–water partition coefficient (Wildman–Crippen LogP) is 2.44. The molecule has 0 spiro atoms. The Morgan fingerprint density at radius 2 is 1.50 bits per heavy atom. The molecule has 2 rings (SSSR count). The summed E-state index contributed by atoms with van der Waals surface area (Å²) in [6, 6.07) is 0. The molecular weight excluding hydrogens is 325 g/mol. The van der Waals surface area contributed by atoms with Crippen LogP contribution < -0.4 is 5.32 Å². The number of nitrogens with one attached hydrogen (secondary N) is 1. The van der Waals surface area contributed by atoms with Crippen LogP contribution in [-0.2, 0) is 14.4 Å². The number of piperidine rings is 1. The van der Waals surface area contributed by atoms with Gasteiger partial charge in [-0.25, -0.2) is 0 Å².